The standard InChI is InChI=1S/C12H16FN3O2/c1-2-14-11-10(5-8(13)6-15-11)12(18)16-4-3-9(17)7-16/h5-6,9,17H,2-4,7H2,1H3,(H,14,15). The van der Waals surface area contributed by atoms with Gasteiger partial charge < -0.3 is 15.3 Å². The van der Waals surface area contributed by atoms with Gasteiger partial charge in [0.2, 0.25) is 0 Å². The topological polar surface area (TPSA) is 65.5 Å². The molecule has 1 saturated heterocycles. The van der Waals surface area contributed by atoms with Crippen molar-refractivity contribution in [2.24, 2.45) is 0 Å². The predicted octanol–water partition coefficient (Wildman–Crippen LogP) is 0.859. The minimum Gasteiger partial charge on any atom is -0.391 e. The van der Waals surface area contributed by atoms with E-state index in [0.29, 0.717) is 31.9 Å². The highest BCUT2D eigenvalue weighted by atomic mass is 19.1. The maximum atomic E-state index is 13.2. The molecule has 1 amide bonds. The molecule has 1 fully saturated rings. The highest BCUT2D eigenvalue weighted by molar-refractivity contribution is 5.98. The molecule has 0 aromatic carbocycles. The Morgan fingerprint density at radius 2 is 2.50 bits per heavy atom. The van der Waals surface area contributed by atoms with Crippen LogP contribution in [0, 0.1) is 5.82 Å². The third kappa shape index (κ3) is 2.59. The smallest absolute Gasteiger partial charge is 0.257 e. The number of nitrogens with zero attached hydrogens (tertiary/aromatic N) is 2. The van der Waals surface area contributed by atoms with Gasteiger partial charge in [0.25, 0.3) is 5.91 Å². The van der Waals surface area contributed by atoms with Gasteiger partial charge in [-0.05, 0) is 19.4 Å². The van der Waals surface area contributed by atoms with E-state index >= 15 is 0 Å². The van der Waals surface area contributed by atoms with Crippen molar-refractivity contribution in [1.82, 2.24) is 9.88 Å². The number of anilines is 1. The fourth-order valence-electron chi connectivity index (χ4n) is 2.01. The first-order valence-electron chi connectivity index (χ1n) is 5.98. The zero-order valence-corrected chi connectivity index (χ0v) is 10.2. The molecule has 1 unspecified atom stereocenters. The molecule has 6 heteroatoms. The summed E-state index contributed by atoms with van der Waals surface area (Å²) in [5.74, 6) is -0.459. The fraction of sp³-hybridized carbons (Fsp3) is 0.500. The van der Waals surface area contributed by atoms with E-state index in [4.69, 9.17) is 0 Å². The SMILES string of the molecule is CCNc1ncc(F)cc1C(=O)N1CCC(O)C1. The van der Waals surface area contributed by atoms with Crippen LogP contribution in [0.3, 0.4) is 0 Å². The highest BCUT2D eigenvalue weighted by Gasteiger charge is 2.27. The van der Waals surface area contributed by atoms with E-state index in [-0.39, 0.29) is 11.5 Å². The lowest BCUT2D eigenvalue weighted by atomic mass is 10.2. The van der Waals surface area contributed by atoms with Crippen LogP contribution in [0.4, 0.5) is 10.2 Å². The van der Waals surface area contributed by atoms with Gasteiger partial charge in [-0.25, -0.2) is 9.37 Å². The molecule has 5 nitrogen and oxygen atoms in total. The van der Waals surface area contributed by atoms with Gasteiger partial charge in [-0.2, -0.15) is 0 Å². The Kier molecular flexibility index (Phi) is 3.76. The maximum absolute atomic E-state index is 13.2. The van der Waals surface area contributed by atoms with Gasteiger partial charge in [0.1, 0.15) is 11.6 Å². The lowest BCUT2D eigenvalue weighted by Crippen LogP contribution is -2.30. The molecule has 1 aliphatic heterocycles. The molecule has 2 N–H and O–H groups in total. The van der Waals surface area contributed by atoms with E-state index in [9.17, 15) is 14.3 Å². The van der Waals surface area contributed by atoms with Crippen LogP contribution in [0.2, 0.25) is 0 Å². The number of β-amino-alcohol motifs (C(OH)–C–C–N with tert-alkyl or cyclic N) is 1. The average molecular weight is 253 g/mol. The zero-order valence-electron chi connectivity index (χ0n) is 10.2. The van der Waals surface area contributed by atoms with E-state index in [1.54, 1.807) is 0 Å². The van der Waals surface area contributed by atoms with Gasteiger partial charge in [-0.1, -0.05) is 0 Å². The Balaban J connectivity index is 2.25. The average Bonchev–Trinajstić information content (AvgIpc) is 2.77. The van der Waals surface area contributed by atoms with Crippen molar-refractivity contribution in [2.75, 3.05) is 25.0 Å². The summed E-state index contributed by atoms with van der Waals surface area (Å²) in [6.45, 7) is 3.25. The van der Waals surface area contributed by atoms with Crippen molar-refractivity contribution in [3.8, 4) is 0 Å². The monoisotopic (exact) mass is 253 g/mol. The molecule has 1 atom stereocenters. The van der Waals surface area contributed by atoms with Crippen molar-refractivity contribution < 1.29 is 14.3 Å². The van der Waals surface area contributed by atoms with Crippen molar-refractivity contribution in [3.63, 3.8) is 0 Å². The summed E-state index contributed by atoms with van der Waals surface area (Å²) in [4.78, 5) is 17.6. The third-order valence-corrected chi connectivity index (χ3v) is 2.88. The minimum atomic E-state index is -0.542. The summed E-state index contributed by atoms with van der Waals surface area (Å²) in [7, 11) is 0. The van der Waals surface area contributed by atoms with E-state index < -0.39 is 11.9 Å². The maximum Gasteiger partial charge on any atom is 0.257 e. The zero-order chi connectivity index (χ0) is 13.1. The van der Waals surface area contributed by atoms with E-state index in [1.165, 1.54) is 11.0 Å². The molecule has 1 aromatic rings. The number of hydrogen-bond acceptors (Lipinski definition) is 4. The van der Waals surface area contributed by atoms with Crippen LogP contribution in [0.15, 0.2) is 12.3 Å². The first-order chi connectivity index (χ1) is 8.61. The Bertz CT molecular complexity index is 453. The largest absolute Gasteiger partial charge is 0.391 e. The summed E-state index contributed by atoms with van der Waals surface area (Å²) in [5.41, 5.74) is 0.214. The van der Waals surface area contributed by atoms with Gasteiger partial charge in [-0.3, -0.25) is 4.79 Å². The molecule has 1 aliphatic rings. The Hall–Kier alpha value is -1.69. The Morgan fingerprint density at radius 3 is 3.11 bits per heavy atom. The molecule has 0 spiro atoms. The number of pyridine rings is 1. The van der Waals surface area contributed by atoms with Crippen LogP contribution in [0.1, 0.15) is 23.7 Å². The lowest BCUT2D eigenvalue weighted by molar-refractivity contribution is 0.0765. The van der Waals surface area contributed by atoms with Crippen LogP contribution in [-0.2, 0) is 0 Å². The second-order valence-electron chi connectivity index (χ2n) is 4.27. The number of carbonyl (C=O) groups excluding carboxylic acids is 1. The van der Waals surface area contributed by atoms with Gasteiger partial charge in [-0.15, -0.1) is 0 Å². The van der Waals surface area contributed by atoms with Crippen molar-refractivity contribution in [2.45, 2.75) is 19.4 Å². The number of aliphatic hydroxyl groups excluding tert-OH is 1. The van der Waals surface area contributed by atoms with Gasteiger partial charge in [0.15, 0.2) is 0 Å². The number of likely N-dealkylation sites (tertiary alicyclic amines) is 1. The molecular formula is C12H16FN3O2. The molecule has 0 radical (unpaired) electrons. The molecule has 98 valence electrons. The number of hydrogen-bond donors (Lipinski definition) is 2. The van der Waals surface area contributed by atoms with Gasteiger partial charge in [0, 0.05) is 19.6 Å². The Morgan fingerprint density at radius 1 is 1.72 bits per heavy atom. The molecule has 2 rings (SSSR count). The summed E-state index contributed by atoms with van der Waals surface area (Å²) in [6, 6.07) is 1.18. The van der Waals surface area contributed by atoms with Crippen LogP contribution in [0.25, 0.3) is 0 Å². The molecule has 2 heterocycles. The number of aromatic nitrogens is 1. The molecule has 0 aliphatic carbocycles. The lowest BCUT2D eigenvalue weighted by Gasteiger charge is -2.17. The minimum absolute atomic E-state index is 0.214. The summed E-state index contributed by atoms with van der Waals surface area (Å²) >= 11 is 0. The number of amides is 1. The molecule has 1 aromatic heterocycles. The molecular weight excluding hydrogens is 237 g/mol. The summed E-state index contributed by atoms with van der Waals surface area (Å²) in [5, 5.41) is 12.4. The second kappa shape index (κ2) is 5.30. The van der Waals surface area contributed by atoms with Crippen molar-refractivity contribution >= 4 is 11.7 Å². The number of rotatable bonds is 3. The van der Waals surface area contributed by atoms with E-state index in [2.05, 4.69) is 10.3 Å². The van der Waals surface area contributed by atoms with Crippen LogP contribution in [-0.4, -0.2) is 46.6 Å². The van der Waals surface area contributed by atoms with E-state index in [0.717, 1.165) is 6.20 Å². The summed E-state index contributed by atoms with van der Waals surface area (Å²) in [6.07, 6.45) is 1.15. The summed E-state index contributed by atoms with van der Waals surface area (Å²) < 4.78 is 13.2. The Labute approximate surface area is 105 Å². The normalized spacial score (nSPS) is 19.1. The first-order valence-corrected chi connectivity index (χ1v) is 5.98. The number of aliphatic hydroxyl groups is 1. The van der Waals surface area contributed by atoms with Crippen LogP contribution >= 0.6 is 0 Å². The third-order valence-electron chi connectivity index (χ3n) is 2.88. The van der Waals surface area contributed by atoms with E-state index in [1.807, 2.05) is 6.92 Å². The van der Waals surface area contributed by atoms with Gasteiger partial charge in [0.05, 0.1) is 17.9 Å². The van der Waals surface area contributed by atoms with Crippen LogP contribution < -0.4 is 5.32 Å². The molecule has 18 heavy (non-hydrogen) atoms. The number of halogens is 1. The second-order valence-corrected chi connectivity index (χ2v) is 4.27. The highest BCUT2D eigenvalue weighted by Crippen LogP contribution is 2.19. The van der Waals surface area contributed by atoms with Crippen molar-refractivity contribution in [1.29, 1.82) is 0 Å². The van der Waals surface area contributed by atoms with Gasteiger partial charge >= 0.3 is 0 Å². The van der Waals surface area contributed by atoms with Crippen molar-refractivity contribution in [3.05, 3.63) is 23.6 Å². The first kappa shape index (κ1) is 12.8. The quantitative estimate of drug-likeness (QED) is 0.838. The predicted molar refractivity (Wildman–Crippen MR) is 64.9 cm³/mol. The fourth-order valence-corrected chi connectivity index (χ4v) is 2.01. The molecule has 0 saturated carbocycles. The molecule has 0 bridgehead atoms. The number of carbonyl (C=O) groups is 1. The number of nitrogens with one attached hydrogen (secondary N) is 1. The van der Waals surface area contributed by atoms with Crippen LogP contribution in [0.5, 0.6) is 0 Å².